The van der Waals surface area contributed by atoms with Gasteiger partial charge in [0.1, 0.15) is 6.61 Å². The maximum absolute atomic E-state index is 6.06. The number of aromatic amines is 1. The molecule has 2 heterocycles. The van der Waals surface area contributed by atoms with E-state index in [2.05, 4.69) is 55.6 Å². The van der Waals surface area contributed by atoms with Crippen molar-refractivity contribution in [3.05, 3.63) is 86.9 Å². The molecule has 0 saturated carbocycles. The first-order valence-corrected chi connectivity index (χ1v) is 11.1. The highest BCUT2D eigenvalue weighted by Gasteiger charge is 2.13. The Labute approximate surface area is 199 Å². The molecule has 2 aromatic carbocycles. The molecule has 7 nitrogen and oxygen atoms in total. The predicted octanol–water partition coefficient (Wildman–Crippen LogP) is 5.40. The van der Waals surface area contributed by atoms with Gasteiger partial charge in [-0.15, -0.1) is 0 Å². The number of methoxy groups -OCH3 is 1. The Morgan fingerprint density at radius 2 is 1.88 bits per heavy atom. The number of halogens is 1. The number of hydrogen-bond acceptors (Lipinski definition) is 6. The van der Waals surface area contributed by atoms with Crippen LogP contribution in [0, 0.1) is 11.7 Å². The van der Waals surface area contributed by atoms with Gasteiger partial charge in [-0.25, -0.2) is 9.77 Å². The molecule has 0 unspecified atom stereocenters. The van der Waals surface area contributed by atoms with Crippen LogP contribution in [0.25, 0.3) is 11.4 Å². The number of aromatic nitrogens is 4. The van der Waals surface area contributed by atoms with E-state index in [4.69, 9.17) is 21.7 Å². The normalized spacial score (nSPS) is 10.7. The summed E-state index contributed by atoms with van der Waals surface area (Å²) in [7, 11) is 1.63. The lowest BCUT2D eigenvalue weighted by atomic mass is 10.1. The molecular weight excluding hydrogens is 490 g/mol. The van der Waals surface area contributed by atoms with Gasteiger partial charge >= 0.3 is 0 Å². The van der Waals surface area contributed by atoms with Gasteiger partial charge in [0.2, 0.25) is 4.77 Å². The predicted molar refractivity (Wildman–Crippen MR) is 130 cm³/mol. The first kappa shape index (κ1) is 22.0. The molecule has 0 amide bonds. The smallest absolute Gasteiger partial charge is 0.214 e. The van der Waals surface area contributed by atoms with Crippen molar-refractivity contribution in [2.75, 3.05) is 12.5 Å². The van der Waals surface area contributed by atoms with E-state index in [1.54, 1.807) is 24.2 Å². The Kier molecular flexibility index (Phi) is 6.87. The summed E-state index contributed by atoms with van der Waals surface area (Å²) in [6.45, 7) is 3.02. The highest BCUT2D eigenvalue weighted by atomic mass is 79.9. The fraction of sp³-hybridized carbons (Fsp3) is 0.174. The number of ether oxygens (including phenoxy) is 2. The fourth-order valence-corrected chi connectivity index (χ4v) is 3.87. The Morgan fingerprint density at radius 1 is 1.09 bits per heavy atom. The van der Waals surface area contributed by atoms with Crippen molar-refractivity contribution in [2.24, 2.45) is 0 Å². The van der Waals surface area contributed by atoms with E-state index >= 15 is 0 Å². The fourth-order valence-electron chi connectivity index (χ4n) is 3.22. The van der Waals surface area contributed by atoms with Crippen LogP contribution < -0.4 is 14.9 Å². The second-order valence-electron chi connectivity index (χ2n) is 7.07. The molecule has 0 atom stereocenters. The van der Waals surface area contributed by atoms with Crippen molar-refractivity contribution in [3.63, 3.8) is 0 Å². The number of H-pyrrole nitrogens is 1. The topological polar surface area (TPSA) is 77.0 Å². The molecule has 164 valence electrons. The van der Waals surface area contributed by atoms with E-state index in [9.17, 15) is 0 Å². The van der Waals surface area contributed by atoms with E-state index < -0.39 is 0 Å². The number of pyridine rings is 1. The summed E-state index contributed by atoms with van der Waals surface area (Å²) in [6, 6.07) is 15.8. The van der Waals surface area contributed by atoms with Gasteiger partial charge in [0.05, 0.1) is 13.7 Å². The molecule has 2 N–H and O–H groups in total. The zero-order chi connectivity index (χ0) is 22.5. The van der Waals surface area contributed by atoms with Crippen molar-refractivity contribution in [2.45, 2.75) is 20.1 Å². The molecule has 4 rings (SSSR count). The first-order chi connectivity index (χ1) is 15.6. The molecule has 0 bridgehead atoms. The van der Waals surface area contributed by atoms with Crippen LogP contribution in [0.1, 0.15) is 16.7 Å². The van der Waals surface area contributed by atoms with Crippen molar-refractivity contribution < 1.29 is 9.47 Å². The SMILES string of the molecule is COc1cc(CNn2c(-c3ccncc3)n[nH]c2=S)c(Br)cc1OCc1ccccc1C. The van der Waals surface area contributed by atoms with Crippen LogP contribution in [0.4, 0.5) is 0 Å². The lowest BCUT2D eigenvalue weighted by Gasteiger charge is -2.16. The molecule has 0 aliphatic rings. The summed E-state index contributed by atoms with van der Waals surface area (Å²) in [5, 5.41) is 7.16. The number of hydrogen-bond donors (Lipinski definition) is 2. The van der Waals surface area contributed by atoms with Gasteiger partial charge in [-0.3, -0.25) is 4.98 Å². The zero-order valence-electron chi connectivity index (χ0n) is 17.6. The monoisotopic (exact) mass is 511 g/mol. The Hall–Kier alpha value is -3.17. The maximum Gasteiger partial charge on any atom is 0.214 e. The highest BCUT2D eigenvalue weighted by molar-refractivity contribution is 9.10. The van der Waals surface area contributed by atoms with Gasteiger partial charge in [-0.1, -0.05) is 40.2 Å². The number of nitrogens with zero attached hydrogens (tertiary/aromatic N) is 3. The molecule has 0 fully saturated rings. The molecule has 0 aliphatic carbocycles. The molecule has 2 aromatic heterocycles. The molecule has 0 saturated heterocycles. The summed E-state index contributed by atoms with van der Waals surface area (Å²) in [5.41, 5.74) is 7.53. The average Bonchev–Trinajstić information content (AvgIpc) is 3.18. The summed E-state index contributed by atoms with van der Waals surface area (Å²) < 4.78 is 14.8. The molecule has 0 spiro atoms. The van der Waals surface area contributed by atoms with Crippen LogP contribution in [0.15, 0.2) is 65.4 Å². The molecule has 0 aliphatic heterocycles. The van der Waals surface area contributed by atoms with Crippen molar-refractivity contribution in [3.8, 4) is 22.9 Å². The molecule has 32 heavy (non-hydrogen) atoms. The number of nitrogens with one attached hydrogen (secondary N) is 2. The van der Waals surface area contributed by atoms with Crippen molar-refractivity contribution in [1.82, 2.24) is 19.9 Å². The van der Waals surface area contributed by atoms with E-state index in [-0.39, 0.29) is 0 Å². The number of rotatable bonds is 8. The largest absolute Gasteiger partial charge is 0.493 e. The molecule has 9 heteroatoms. The maximum atomic E-state index is 6.06. The van der Waals surface area contributed by atoms with Crippen LogP contribution >= 0.6 is 28.1 Å². The van der Waals surface area contributed by atoms with Crippen molar-refractivity contribution in [1.29, 1.82) is 0 Å². The Morgan fingerprint density at radius 3 is 2.62 bits per heavy atom. The Bertz CT molecular complexity index is 1270. The van der Waals surface area contributed by atoms with E-state index in [1.165, 1.54) is 5.56 Å². The summed E-state index contributed by atoms with van der Waals surface area (Å²) in [4.78, 5) is 4.05. The van der Waals surface area contributed by atoms with Gasteiger partial charge in [0.15, 0.2) is 17.3 Å². The summed E-state index contributed by atoms with van der Waals surface area (Å²) in [6.07, 6.45) is 3.43. The van der Waals surface area contributed by atoms with Crippen LogP contribution in [0.5, 0.6) is 11.5 Å². The third kappa shape index (κ3) is 4.84. The lowest BCUT2D eigenvalue weighted by Crippen LogP contribution is -2.16. The van der Waals surface area contributed by atoms with Gasteiger partial charge in [-0.05, 0) is 60.1 Å². The number of aryl methyl sites for hydroxylation is 1. The number of benzene rings is 2. The lowest BCUT2D eigenvalue weighted by molar-refractivity contribution is 0.283. The third-order valence-electron chi connectivity index (χ3n) is 5.02. The standard InChI is InChI=1S/C23H22BrN5O2S/c1-15-5-3-4-6-17(15)14-31-21-12-19(24)18(11-20(21)30-2)13-26-29-22(27-28-23(29)32)16-7-9-25-10-8-16/h3-12,26H,13-14H2,1-2H3,(H,28,32). The van der Waals surface area contributed by atoms with E-state index in [0.29, 0.717) is 35.2 Å². The van der Waals surface area contributed by atoms with Crippen LogP contribution in [-0.4, -0.2) is 27.0 Å². The molecular formula is C23H22BrN5O2S. The second-order valence-corrected chi connectivity index (χ2v) is 8.31. The van der Waals surface area contributed by atoms with E-state index in [1.807, 2.05) is 36.4 Å². The summed E-state index contributed by atoms with van der Waals surface area (Å²) in [5.74, 6) is 2.01. The second kappa shape index (κ2) is 9.97. The first-order valence-electron chi connectivity index (χ1n) is 9.92. The van der Waals surface area contributed by atoms with Crippen molar-refractivity contribution >= 4 is 28.1 Å². The zero-order valence-corrected chi connectivity index (χ0v) is 20.0. The summed E-state index contributed by atoms with van der Waals surface area (Å²) >= 11 is 9.05. The van der Waals surface area contributed by atoms with Crippen LogP contribution in [0.3, 0.4) is 0 Å². The van der Waals surface area contributed by atoms with Gasteiger partial charge in [0, 0.05) is 22.4 Å². The minimum absolute atomic E-state index is 0.465. The van der Waals surface area contributed by atoms with E-state index in [0.717, 1.165) is 21.2 Å². The van der Waals surface area contributed by atoms with Crippen LogP contribution in [-0.2, 0) is 13.2 Å². The third-order valence-corrected chi connectivity index (χ3v) is 6.03. The molecule has 0 radical (unpaired) electrons. The molecule has 4 aromatic rings. The van der Waals surface area contributed by atoms with Gasteiger partial charge in [0.25, 0.3) is 0 Å². The highest BCUT2D eigenvalue weighted by Crippen LogP contribution is 2.34. The van der Waals surface area contributed by atoms with Gasteiger partial charge in [-0.2, -0.15) is 5.10 Å². The minimum atomic E-state index is 0.465. The minimum Gasteiger partial charge on any atom is -0.493 e. The van der Waals surface area contributed by atoms with Crippen LogP contribution in [0.2, 0.25) is 0 Å². The quantitative estimate of drug-likeness (QED) is 0.308. The van der Waals surface area contributed by atoms with Gasteiger partial charge < -0.3 is 14.9 Å². The Balaban J connectivity index is 1.53. The average molecular weight is 512 g/mol.